The highest BCUT2D eigenvalue weighted by Gasteiger charge is 2.47. The number of carbonyl (C=O) groups excluding carboxylic acids is 2. The Kier molecular flexibility index (Phi) is 10.6. The molecule has 2 fully saturated rings. The van der Waals surface area contributed by atoms with Crippen LogP contribution >= 0.6 is 11.8 Å². The number of rotatable bonds is 10. The van der Waals surface area contributed by atoms with Crippen molar-refractivity contribution in [2.75, 3.05) is 12.3 Å². The number of benzene rings is 3. The Morgan fingerprint density at radius 1 is 1.00 bits per heavy atom. The van der Waals surface area contributed by atoms with Gasteiger partial charge in [0.1, 0.15) is 6.04 Å². The second-order valence-electron chi connectivity index (χ2n) is 11.9. The van der Waals surface area contributed by atoms with Crippen molar-refractivity contribution >= 4 is 23.6 Å². The Hall–Kier alpha value is -4.31. The first-order valence-electron chi connectivity index (χ1n) is 15.8. The molecule has 0 unspecified atom stereocenters. The summed E-state index contributed by atoms with van der Waals surface area (Å²) in [6.45, 7) is -0.0416. The highest BCUT2D eigenvalue weighted by atomic mass is 32.2. The van der Waals surface area contributed by atoms with Crippen molar-refractivity contribution in [3.8, 4) is 11.1 Å². The number of aliphatic hydroxyl groups is 1. The Morgan fingerprint density at radius 2 is 1.76 bits per heavy atom. The summed E-state index contributed by atoms with van der Waals surface area (Å²) in [6.07, 6.45) is -4.94. The predicted molar refractivity (Wildman–Crippen MR) is 172 cm³/mol. The second kappa shape index (κ2) is 15.1. The summed E-state index contributed by atoms with van der Waals surface area (Å²) in [4.78, 5) is 25.2. The smallest absolute Gasteiger partial charge is 0.392 e. The number of carbonyl (C=O) groups is 2. The van der Waals surface area contributed by atoms with Crippen LogP contribution in [-0.4, -0.2) is 72.6 Å². The molecule has 2 N–H and O–H groups in total. The van der Waals surface area contributed by atoms with Gasteiger partial charge in [0, 0.05) is 37.9 Å². The molecule has 258 valence electrons. The van der Waals surface area contributed by atoms with Crippen molar-refractivity contribution < 1.29 is 37.3 Å². The van der Waals surface area contributed by atoms with Gasteiger partial charge in [-0.15, -0.1) is 5.10 Å². The van der Waals surface area contributed by atoms with E-state index in [1.165, 1.54) is 11.8 Å². The molecule has 11 nitrogen and oxygen atoms in total. The lowest BCUT2D eigenvalue weighted by molar-refractivity contribution is -0.245. The van der Waals surface area contributed by atoms with Crippen LogP contribution in [0.5, 0.6) is 0 Å². The van der Waals surface area contributed by atoms with Crippen molar-refractivity contribution in [2.24, 2.45) is 7.05 Å². The van der Waals surface area contributed by atoms with Gasteiger partial charge in [-0.2, -0.15) is 13.2 Å². The minimum atomic E-state index is -5.02. The number of alkyl halides is 3. The van der Waals surface area contributed by atoms with Crippen LogP contribution in [0.1, 0.15) is 53.9 Å². The number of nitrogens with zero attached hydrogens (tertiary/aromatic N) is 5. The van der Waals surface area contributed by atoms with E-state index in [0.29, 0.717) is 28.7 Å². The number of tetrazole rings is 1. The minimum absolute atomic E-state index is 0.0425. The normalized spacial score (nSPS) is 21.1. The zero-order valence-corrected chi connectivity index (χ0v) is 27.4. The quantitative estimate of drug-likeness (QED) is 0.223. The van der Waals surface area contributed by atoms with Crippen LogP contribution in [0, 0.1) is 0 Å². The van der Waals surface area contributed by atoms with Crippen LogP contribution in [0.4, 0.5) is 13.2 Å². The average molecular weight is 697 g/mol. The molecule has 1 aromatic heterocycles. The number of aromatic nitrogens is 4. The predicted octanol–water partition coefficient (Wildman–Crippen LogP) is 4.88. The minimum Gasteiger partial charge on any atom is -0.392 e. The molecule has 3 heterocycles. The first-order valence-corrected chi connectivity index (χ1v) is 16.8. The molecule has 0 bridgehead atoms. The fourth-order valence-electron chi connectivity index (χ4n) is 5.98. The number of hydrogen-bond donors (Lipinski definition) is 2. The number of likely N-dealkylation sites (tertiary alicyclic amines) is 1. The van der Waals surface area contributed by atoms with Crippen molar-refractivity contribution in [3.63, 3.8) is 0 Å². The summed E-state index contributed by atoms with van der Waals surface area (Å²) in [5, 5.41) is 24.5. The molecule has 2 aliphatic rings. The summed E-state index contributed by atoms with van der Waals surface area (Å²) < 4.78 is 53.5. The Labute approximate surface area is 284 Å². The summed E-state index contributed by atoms with van der Waals surface area (Å²) in [5.41, 5.74) is 5.17. The van der Waals surface area contributed by atoms with Crippen molar-refractivity contribution in [2.45, 2.75) is 68.3 Å². The summed E-state index contributed by atoms with van der Waals surface area (Å²) in [6, 6.07) is 21.8. The number of halogens is 3. The number of ether oxygens (including phenoxy) is 2. The molecule has 3 aromatic carbocycles. The lowest BCUT2D eigenvalue weighted by Crippen LogP contribution is -2.50. The van der Waals surface area contributed by atoms with Gasteiger partial charge in [0.25, 0.3) is 0 Å². The summed E-state index contributed by atoms with van der Waals surface area (Å²) in [5.74, 6) is -1.98. The SMILES string of the molecule is Cn1nnnc1SC[C@H]1C[C@@H](c2ccc(CO)cc2)O[C@@H](c2ccc(-c3cccc(CNC(=O)[C@@H]4CCCN4C(=O)C(F)(F)F)c3)cc2)O1. The topological polar surface area (TPSA) is 132 Å². The van der Waals surface area contributed by atoms with Gasteiger partial charge in [0.05, 0.1) is 18.8 Å². The van der Waals surface area contributed by atoms with Gasteiger partial charge in [-0.1, -0.05) is 78.5 Å². The first kappa shape index (κ1) is 34.5. The van der Waals surface area contributed by atoms with Gasteiger partial charge in [0.2, 0.25) is 11.1 Å². The van der Waals surface area contributed by atoms with Gasteiger partial charge in [-0.3, -0.25) is 9.59 Å². The van der Waals surface area contributed by atoms with E-state index in [9.17, 15) is 27.9 Å². The fourth-order valence-corrected chi connectivity index (χ4v) is 6.85. The standard InChI is InChI=1S/C34H35F3N6O5S/c1-42-33(39-40-41-42)49-20-27-17-29(24-9-7-21(19-44)8-10-24)48-31(47-27)25-13-11-23(12-14-25)26-5-2-4-22(16-26)18-38-30(45)28-6-3-15-43(28)32(46)34(35,36)37/h2,4-5,7-14,16,27-29,31,44H,3,6,15,17-20H2,1H3,(H,38,45)/t27-,28+,29+,31+/m1/s1. The Balaban J connectivity index is 1.12. The van der Waals surface area contributed by atoms with E-state index in [4.69, 9.17) is 9.47 Å². The molecule has 4 aromatic rings. The number of nitrogens with one attached hydrogen (secondary N) is 1. The highest BCUT2D eigenvalue weighted by Crippen LogP contribution is 2.39. The van der Waals surface area contributed by atoms with Gasteiger partial charge in [-0.05, 0) is 57.2 Å². The second-order valence-corrected chi connectivity index (χ2v) is 12.9. The number of hydrogen-bond acceptors (Lipinski definition) is 9. The zero-order valence-electron chi connectivity index (χ0n) is 26.5. The van der Waals surface area contributed by atoms with E-state index in [0.717, 1.165) is 33.4 Å². The van der Waals surface area contributed by atoms with Gasteiger partial charge < -0.3 is 24.8 Å². The maximum atomic E-state index is 13.0. The maximum absolute atomic E-state index is 13.0. The molecular weight excluding hydrogens is 661 g/mol. The number of aliphatic hydroxyl groups excluding tert-OH is 1. The molecular formula is C34H35F3N6O5S. The van der Waals surface area contributed by atoms with E-state index < -0.39 is 30.3 Å². The molecule has 0 radical (unpaired) electrons. The molecule has 6 rings (SSSR count). The third-order valence-electron chi connectivity index (χ3n) is 8.56. The van der Waals surface area contributed by atoms with Crippen LogP contribution < -0.4 is 5.32 Å². The third kappa shape index (κ3) is 8.29. The molecule has 0 spiro atoms. The molecule has 15 heteroatoms. The molecule has 4 atom stereocenters. The van der Waals surface area contributed by atoms with Gasteiger partial charge in [0.15, 0.2) is 6.29 Å². The van der Waals surface area contributed by atoms with E-state index in [-0.39, 0.29) is 38.3 Å². The van der Waals surface area contributed by atoms with Crippen LogP contribution in [-0.2, 0) is 39.3 Å². The van der Waals surface area contributed by atoms with E-state index in [2.05, 4.69) is 20.8 Å². The molecule has 2 saturated heterocycles. The number of thioether (sulfide) groups is 1. The fraction of sp³-hybridized carbons (Fsp3) is 0.382. The van der Waals surface area contributed by atoms with Gasteiger partial charge >= 0.3 is 12.1 Å². The van der Waals surface area contributed by atoms with Crippen LogP contribution in [0.25, 0.3) is 11.1 Å². The monoisotopic (exact) mass is 696 g/mol. The van der Waals surface area contributed by atoms with Crippen molar-refractivity contribution in [3.05, 3.63) is 95.1 Å². The maximum Gasteiger partial charge on any atom is 0.471 e. The van der Waals surface area contributed by atoms with Crippen LogP contribution in [0.3, 0.4) is 0 Å². The zero-order chi connectivity index (χ0) is 34.5. The largest absolute Gasteiger partial charge is 0.471 e. The average Bonchev–Trinajstić information content (AvgIpc) is 3.78. The Morgan fingerprint density at radius 3 is 2.45 bits per heavy atom. The Bertz CT molecular complexity index is 1750. The lowest BCUT2D eigenvalue weighted by atomic mass is 9.99. The molecule has 0 aliphatic carbocycles. The molecule has 2 amide bonds. The molecule has 49 heavy (non-hydrogen) atoms. The lowest BCUT2D eigenvalue weighted by Gasteiger charge is -2.36. The van der Waals surface area contributed by atoms with Crippen LogP contribution in [0.15, 0.2) is 78.0 Å². The van der Waals surface area contributed by atoms with Crippen molar-refractivity contribution in [1.82, 2.24) is 30.4 Å². The van der Waals surface area contributed by atoms with Crippen LogP contribution in [0.2, 0.25) is 0 Å². The van der Waals surface area contributed by atoms with E-state index >= 15 is 0 Å². The third-order valence-corrected chi connectivity index (χ3v) is 9.71. The first-order chi connectivity index (χ1) is 23.6. The number of aryl methyl sites for hydroxylation is 1. The molecule has 0 saturated carbocycles. The van der Waals surface area contributed by atoms with E-state index in [1.807, 2.05) is 72.8 Å². The molecule has 2 aliphatic heterocycles. The number of amides is 2. The van der Waals surface area contributed by atoms with E-state index in [1.54, 1.807) is 11.7 Å². The van der Waals surface area contributed by atoms with Gasteiger partial charge in [-0.25, -0.2) is 4.68 Å². The van der Waals surface area contributed by atoms with Crippen molar-refractivity contribution in [1.29, 1.82) is 0 Å². The highest BCUT2D eigenvalue weighted by molar-refractivity contribution is 7.99. The summed E-state index contributed by atoms with van der Waals surface area (Å²) in [7, 11) is 1.78. The summed E-state index contributed by atoms with van der Waals surface area (Å²) >= 11 is 1.50.